The zero-order chi connectivity index (χ0) is 12.4. The lowest BCUT2D eigenvalue weighted by Crippen LogP contribution is -2.36. The van der Waals surface area contributed by atoms with Crippen molar-refractivity contribution in [2.75, 3.05) is 18.4 Å². The Morgan fingerprint density at radius 3 is 2.65 bits per heavy atom. The van der Waals surface area contributed by atoms with Crippen LogP contribution in [0.25, 0.3) is 0 Å². The normalized spacial score (nSPS) is 14.1. The van der Waals surface area contributed by atoms with Crippen LogP contribution < -0.4 is 10.6 Å². The van der Waals surface area contributed by atoms with Gasteiger partial charge in [0.15, 0.2) is 0 Å². The van der Waals surface area contributed by atoms with Gasteiger partial charge < -0.3 is 15.7 Å². The fourth-order valence-electron chi connectivity index (χ4n) is 1.59. The maximum absolute atomic E-state index is 11.9. The molecule has 0 aromatic heterocycles. The fraction of sp³-hybridized carbons (Fsp3) is 0.308. The van der Waals surface area contributed by atoms with E-state index in [1.54, 1.807) is 18.2 Å². The van der Waals surface area contributed by atoms with Crippen molar-refractivity contribution in [2.24, 2.45) is 0 Å². The number of rotatable bonds is 2. The summed E-state index contributed by atoms with van der Waals surface area (Å²) in [6, 6.07) is 5.12. The smallest absolute Gasteiger partial charge is 0.251 e. The number of benzene rings is 1. The minimum absolute atomic E-state index is 0.107. The number of hydrogen-bond donors (Lipinski definition) is 3. The van der Waals surface area contributed by atoms with Gasteiger partial charge in [0.2, 0.25) is 0 Å². The maximum Gasteiger partial charge on any atom is 0.251 e. The number of hydrogen-bond acceptors (Lipinski definition) is 3. The van der Waals surface area contributed by atoms with Crippen LogP contribution in [0.1, 0.15) is 12.5 Å². The second-order valence-corrected chi connectivity index (χ2v) is 4.29. The highest BCUT2D eigenvalue weighted by molar-refractivity contribution is 6.04. The van der Waals surface area contributed by atoms with Crippen LogP contribution in [0.5, 0.6) is 5.75 Å². The molecule has 1 fully saturated rings. The molecule has 0 saturated carbocycles. The number of carbonyl (C=O) groups is 1. The lowest BCUT2D eigenvalue weighted by atomic mass is 10.0. The molecule has 1 amide bonds. The van der Waals surface area contributed by atoms with Gasteiger partial charge in [0.05, 0.1) is 0 Å². The molecule has 0 radical (unpaired) electrons. The Morgan fingerprint density at radius 2 is 2.12 bits per heavy atom. The molecule has 1 heterocycles. The van der Waals surface area contributed by atoms with Crippen LogP contribution in [0.3, 0.4) is 0 Å². The van der Waals surface area contributed by atoms with Gasteiger partial charge in [-0.15, -0.1) is 0 Å². The van der Waals surface area contributed by atoms with Crippen molar-refractivity contribution in [1.29, 1.82) is 0 Å². The third kappa shape index (κ3) is 2.47. The molecule has 1 aliphatic heterocycles. The van der Waals surface area contributed by atoms with E-state index in [1.807, 2.05) is 13.8 Å². The van der Waals surface area contributed by atoms with Gasteiger partial charge in [-0.1, -0.05) is 6.07 Å². The molecule has 0 bridgehead atoms. The second kappa shape index (κ2) is 4.59. The summed E-state index contributed by atoms with van der Waals surface area (Å²) < 4.78 is 0. The maximum atomic E-state index is 11.9. The molecule has 90 valence electrons. The molecule has 1 aromatic rings. The Hall–Kier alpha value is -1.81. The van der Waals surface area contributed by atoms with E-state index < -0.39 is 0 Å². The molecule has 1 saturated heterocycles. The third-order valence-electron chi connectivity index (χ3n) is 3.01. The van der Waals surface area contributed by atoms with Crippen molar-refractivity contribution in [3.8, 4) is 5.75 Å². The quantitative estimate of drug-likeness (QED) is 0.678. The van der Waals surface area contributed by atoms with E-state index in [1.165, 1.54) is 0 Å². The molecular weight excluding hydrogens is 216 g/mol. The monoisotopic (exact) mass is 232 g/mol. The van der Waals surface area contributed by atoms with E-state index in [0.717, 1.165) is 29.8 Å². The Labute approximate surface area is 100 Å². The summed E-state index contributed by atoms with van der Waals surface area (Å²) in [5.41, 5.74) is 3.30. The van der Waals surface area contributed by atoms with E-state index in [2.05, 4.69) is 10.6 Å². The van der Waals surface area contributed by atoms with Crippen molar-refractivity contribution in [3.63, 3.8) is 0 Å². The minimum Gasteiger partial charge on any atom is -0.508 e. The molecule has 0 unspecified atom stereocenters. The van der Waals surface area contributed by atoms with Crippen molar-refractivity contribution < 1.29 is 9.90 Å². The second-order valence-electron chi connectivity index (χ2n) is 4.29. The standard InChI is InChI=1S/C13H16N2O2/c1-8-3-4-11(5-12(8)16)15-13(17)9(2)10-6-14-7-10/h3-5,14,16H,6-7H2,1-2H3,(H,15,17). The van der Waals surface area contributed by atoms with E-state index in [-0.39, 0.29) is 11.7 Å². The predicted molar refractivity (Wildman–Crippen MR) is 67.0 cm³/mol. The molecule has 1 aromatic carbocycles. The van der Waals surface area contributed by atoms with Gasteiger partial charge in [0, 0.05) is 30.4 Å². The van der Waals surface area contributed by atoms with Crippen LogP contribution in [0.2, 0.25) is 0 Å². The van der Waals surface area contributed by atoms with Crippen LogP contribution in [-0.4, -0.2) is 24.1 Å². The van der Waals surface area contributed by atoms with Gasteiger partial charge in [-0.25, -0.2) is 0 Å². The molecule has 1 aliphatic rings. The zero-order valence-corrected chi connectivity index (χ0v) is 10.0. The largest absolute Gasteiger partial charge is 0.508 e. The van der Waals surface area contributed by atoms with Crippen molar-refractivity contribution in [2.45, 2.75) is 13.8 Å². The lowest BCUT2D eigenvalue weighted by Gasteiger charge is -2.21. The van der Waals surface area contributed by atoms with Gasteiger partial charge in [-0.05, 0) is 31.1 Å². The van der Waals surface area contributed by atoms with Gasteiger partial charge in [0.25, 0.3) is 5.91 Å². The van der Waals surface area contributed by atoms with E-state index in [0.29, 0.717) is 5.69 Å². The van der Waals surface area contributed by atoms with Crippen molar-refractivity contribution in [1.82, 2.24) is 5.32 Å². The first-order valence-electron chi connectivity index (χ1n) is 5.58. The Bertz CT molecular complexity index is 486. The molecule has 0 atom stereocenters. The molecular formula is C13H16N2O2. The Kier molecular flexibility index (Phi) is 3.15. The summed E-state index contributed by atoms with van der Waals surface area (Å²) in [5, 5.41) is 15.4. The zero-order valence-electron chi connectivity index (χ0n) is 10.0. The molecule has 0 aliphatic carbocycles. The first kappa shape index (κ1) is 11.7. The summed E-state index contributed by atoms with van der Waals surface area (Å²) in [7, 11) is 0. The molecule has 17 heavy (non-hydrogen) atoms. The SMILES string of the molecule is CC(C(=O)Nc1ccc(C)c(O)c1)=C1CNC1. The minimum atomic E-state index is -0.107. The van der Waals surface area contributed by atoms with Gasteiger partial charge >= 0.3 is 0 Å². The van der Waals surface area contributed by atoms with E-state index in [9.17, 15) is 9.90 Å². The number of carbonyl (C=O) groups excluding carboxylic acids is 1. The third-order valence-corrected chi connectivity index (χ3v) is 3.01. The van der Waals surface area contributed by atoms with E-state index >= 15 is 0 Å². The summed E-state index contributed by atoms with van der Waals surface area (Å²) in [4.78, 5) is 11.9. The molecule has 0 spiro atoms. The first-order chi connectivity index (χ1) is 8.08. The van der Waals surface area contributed by atoms with Gasteiger partial charge in [-0.2, -0.15) is 0 Å². The summed E-state index contributed by atoms with van der Waals surface area (Å²) >= 11 is 0. The van der Waals surface area contributed by atoms with Gasteiger partial charge in [0.1, 0.15) is 5.75 Å². The number of amides is 1. The number of aryl methyl sites for hydroxylation is 1. The number of nitrogens with one attached hydrogen (secondary N) is 2. The number of aromatic hydroxyl groups is 1. The highest BCUT2D eigenvalue weighted by atomic mass is 16.3. The van der Waals surface area contributed by atoms with Crippen LogP contribution in [0, 0.1) is 6.92 Å². The number of phenols is 1. The highest BCUT2D eigenvalue weighted by Crippen LogP contribution is 2.21. The first-order valence-corrected chi connectivity index (χ1v) is 5.58. The van der Waals surface area contributed by atoms with Crippen molar-refractivity contribution in [3.05, 3.63) is 34.9 Å². The number of anilines is 1. The number of phenolic OH excluding ortho intramolecular Hbond substituents is 1. The average Bonchev–Trinajstić information content (AvgIpc) is 2.21. The molecule has 4 heteroatoms. The van der Waals surface area contributed by atoms with E-state index in [4.69, 9.17) is 0 Å². The fourth-order valence-corrected chi connectivity index (χ4v) is 1.59. The lowest BCUT2D eigenvalue weighted by molar-refractivity contribution is -0.112. The summed E-state index contributed by atoms with van der Waals surface area (Å²) in [6.07, 6.45) is 0. The van der Waals surface area contributed by atoms with Crippen molar-refractivity contribution >= 4 is 11.6 Å². The topological polar surface area (TPSA) is 61.4 Å². The summed E-state index contributed by atoms with van der Waals surface area (Å²) in [5.74, 6) is 0.0863. The molecule has 3 N–H and O–H groups in total. The summed E-state index contributed by atoms with van der Waals surface area (Å²) in [6.45, 7) is 5.21. The van der Waals surface area contributed by atoms with Crippen LogP contribution in [-0.2, 0) is 4.79 Å². The molecule has 2 rings (SSSR count). The van der Waals surface area contributed by atoms with Crippen LogP contribution in [0.4, 0.5) is 5.69 Å². The predicted octanol–water partition coefficient (Wildman–Crippen LogP) is 1.56. The Morgan fingerprint density at radius 1 is 1.41 bits per heavy atom. The van der Waals surface area contributed by atoms with Gasteiger partial charge in [-0.3, -0.25) is 4.79 Å². The van der Waals surface area contributed by atoms with Crippen LogP contribution >= 0.6 is 0 Å². The van der Waals surface area contributed by atoms with Crippen LogP contribution in [0.15, 0.2) is 29.3 Å². The highest BCUT2D eigenvalue weighted by Gasteiger charge is 2.16. The average molecular weight is 232 g/mol. The molecule has 4 nitrogen and oxygen atoms in total. The Balaban J connectivity index is 2.10.